The Labute approximate surface area is 157 Å². The summed E-state index contributed by atoms with van der Waals surface area (Å²) in [6.07, 6.45) is -2.62. The number of amides is 2. The molecule has 146 valence electrons. The van der Waals surface area contributed by atoms with Crippen LogP contribution in [0, 0.1) is 0 Å². The average Bonchev–Trinajstić information content (AvgIpc) is 3.11. The highest BCUT2D eigenvalue weighted by molar-refractivity contribution is 5.71. The zero-order valence-electron chi connectivity index (χ0n) is 14.5. The van der Waals surface area contributed by atoms with Crippen molar-refractivity contribution in [2.45, 2.75) is 12.8 Å². The van der Waals surface area contributed by atoms with Crippen molar-refractivity contribution in [3.63, 3.8) is 0 Å². The highest BCUT2D eigenvalue weighted by Crippen LogP contribution is 2.24. The Morgan fingerprint density at radius 2 is 1.79 bits per heavy atom. The fourth-order valence-corrected chi connectivity index (χ4v) is 2.47. The molecule has 10 heteroatoms. The van der Waals surface area contributed by atoms with Crippen molar-refractivity contribution in [1.29, 1.82) is 0 Å². The van der Waals surface area contributed by atoms with Crippen LogP contribution in [0.1, 0.15) is 5.56 Å². The first-order valence-electron chi connectivity index (χ1n) is 8.21. The zero-order chi connectivity index (χ0) is 20.1. The van der Waals surface area contributed by atoms with Crippen molar-refractivity contribution in [2.24, 2.45) is 5.73 Å². The predicted octanol–water partition coefficient (Wildman–Crippen LogP) is 3.04. The quantitative estimate of drug-likeness (QED) is 0.675. The van der Waals surface area contributed by atoms with Gasteiger partial charge in [0, 0.05) is 12.1 Å². The Morgan fingerprint density at radius 3 is 2.39 bits per heavy atom. The van der Waals surface area contributed by atoms with Crippen molar-refractivity contribution >= 4 is 6.03 Å². The van der Waals surface area contributed by atoms with Crippen molar-refractivity contribution in [3.8, 4) is 22.8 Å². The lowest BCUT2D eigenvalue weighted by Crippen LogP contribution is -2.30. The van der Waals surface area contributed by atoms with Crippen LogP contribution < -0.4 is 15.8 Å². The lowest BCUT2D eigenvalue weighted by molar-refractivity contribution is -0.274. The van der Waals surface area contributed by atoms with Crippen molar-refractivity contribution < 1.29 is 22.7 Å². The molecule has 0 radical (unpaired) electrons. The van der Waals surface area contributed by atoms with E-state index >= 15 is 0 Å². The third-order valence-corrected chi connectivity index (χ3v) is 3.75. The summed E-state index contributed by atoms with van der Waals surface area (Å²) in [5.41, 5.74) is 7.35. The fraction of sp³-hybridized carbons (Fsp3) is 0.167. The molecule has 0 spiro atoms. The summed E-state index contributed by atoms with van der Waals surface area (Å²) in [5.74, 6) is 0.162. The zero-order valence-corrected chi connectivity index (χ0v) is 14.5. The minimum absolute atomic E-state index is 0.307. The van der Waals surface area contributed by atoms with Gasteiger partial charge in [-0.15, -0.1) is 18.3 Å². The number of carbonyl (C=O) groups is 1. The number of hydrogen-bond acceptors (Lipinski definition) is 4. The Balaban J connectivity index is 1.67. The molecular formula is C18H16F3N5O2. The Kier molecular flexibility index (Phi) is 5.48. The third-order valence-electron chi connectivity index (χ3n) is 3.75. The molecule has 0 atom stereocenters. The van der Waals surface area contributed by atoms with Crippen molar-refractivity contribution in [3.05, 3.63) is 60.4 Å². The van der Waals surface area contributed by atoms with Crippen LogP contribution in [-0.2, 0) is 6.42 Å². The van der Waals surface area contributed by atoms with Gasteiger partial charge in [0.2, 0.25) is 0 Å². The second-order valence-electron chi connectivity index (χ2n) is 5.79. The number of aromatic nitrogens is 3. The van der Waals surface area contributed by atoms with Crippen LogP contribution >= 0.6 is 0 Å². The maximum atomic E-state index is 12.2. The van der Waals surface area contributed by atoms with E-state index in [4.69, 9.17) is 5.73 Å². The van der Waals surface area contributed by atoms with Crippen LogP contribution in [0.3, 0.4) is 0 Å². The molecule has 3 rings (SSSR count). The topological polar surface area (TPSA) is 95.1 Å². The van der Waals surface area contributed by atoms with Crippen molar-refractivity contribution in [1.82, 2.24) is 20.1 Å². The van der Waals surface area contributed by atoms with Crippen LogP contribution in [0.15, 0.2) is 54.9 Å². The number of nitrogens with two attached hydrogens (primary N) is 1. The largest absolute Gasteiger partial charge is 0.573 e. The third kappa shape index (κ3) is 5.22. The Bertz CT molecular complexity index is 937. The van der Waals surface area contributed by atoms with Gasteiger partial charge in [0.25, 0.3) is 0 Å². The Hall–Kier alpha value is -3.56. The fourth-order valence-electron chi connectivity index (χ4n) is 2.47. The average molecular weight is 391 g/mol. The molecule has 0 unspecified atom stereocenters. The number of benzene rings is 2. The number of urea groups is 1. The first-order chi connectivity index (χ1) is 13.3. The minimum Gasteiger partial charge on any atom is -0.406 e. The molecule has 0 aliphatic carbocycles. The molecule has 7 nitrogen and oxygen atoms in total. The number of ether oxygens (including phenoxy) is 1. The van der Waals surface area contributed by atoms with E-state index in [9.17, 15) is 18.0 Å². The summed E-state index contributed by atoms with van der Waals surface area (Å²) >= 11 is 0. The van der Waals surface area contributed by atoms with E-state index in [1.54, 1.807) is 0 Å². The smallest absolute Gasteiger partial charge is 0.406 e. The molecule has 3 aromatic rings. The van der Waals surface area contributed by atoms with Crippen LogP contribution in [0.5, 0.6) is 5.75 Å². The number of rotatable bonds is 6. The number of nitrogens with one attached hydrogen (secondary N) is 1. The van der Waals surface area contributed by atoms with Gasteiger partial charge in [-0.25, -0.2) is 14.5 Å². The summed E-state index contributed by atoms with van der Waals surface area (Å²) < 4.78 is 41.9. The molecule has 1 heterocycles. The number of primary amides is 1. The Morgan fingerprint density at radius 1 is 1.11 bits per heavy atom. The maximum Gasteiger partial charge on any atom is 0.573 e. The summed E-state index contributed by atoms with van der Waals surface area (Å²) in [4.78, 5) is 14.9. The molecule has 0 bridgehead atoms. The summed E-state index contributed by atoms with van der Waals surface area (Å²) in [5, 5.41) is 6.86. The van der Waals surface area contributed by atoms with E-state index in [0.717, 1.165) is 11.1 Å². The molecular weight excluding hydrogens is 375 g/mol. The summed E-state index contributed by atoms with van der Waals surface area (Å²) in [7, 11) is 0. The van der Waals surface area contributed by atoms with Crippen LogP contribution in [-0.4, -0.2) is 33.7 Å². The highest BCUT2D eigenvalue weighted by Gasteiger charge is 2.30. The van der Waals surface area contributed by atoms with Crippen molar-refractivity contribution in [2.75, 3.05) is 6.54 Å². The second-order valence-corrected chi connectivity index (χ2v) is 5.79. The first-order valence-corrected chi connectivity index (χ1v) is 8.21. The molecule has 1 aromatic heterocycles. The summed E-state index contributed by atoms with van der Waals surface area (Å²) in [6.45, 7) is 0.440. The van der Waals surface area contributed by atoms with Gasteiger partial charge in [-0.05, 0) is 36.2 Å². The molecule has 0 aliphatic rings. The van der Waals surface area contributed by atoms with Gasteiger partial charge in [-0.2, -0.15) is 0 Å². The van der Waals surface area contributed by atoms with E-state index in [1.807, 2.05) is 24.3 Å². The molecule has 0 saturated heterocycles. The standard InChI is InChI=1S/C18H16F3N5O2/c19-18(20,21)28-15-7-5-14(6-8-15)26-11-24-16(25-26)13-3-1-12(2-4-13)9-10-23-17(22)27/h1-8,11H,9-10H2,(H3,22,23,27). The molecule has 3 N–H and O–H groups in total. The molecule has 0 fully saturated rings. The van der Waals surface area contributed by atoms with E-state index in [-0.39, 0.29) is 5.75 Å². The monoisotopic (exact) mass is 391 g/mol. The van der Waals surface area contributed by atoms with E-state index < -0.39 is 12.4 Å². The number of carbonyl (C=O) groups excluding carboxylic acids is 1. The molecule has 2 amide bonds. The van der Waals surface area contributed by atoms with Crippen LogP contribution in [0.4, 0.5) is 18.0 Å². The van der Waals surface area contributed by atoms with E-state index in [2.05, 4.69) is 20.1 Å². The second kappa shape index (κ2) is 7.99. The summed E-state index contributed by atoms with van der Waals surface area (Å²) in [6, 6.07) is 12.2. The molecule has 0 aliphatic heterocycles. The van der Waals surface area contributed by atoms with Gasteiger partial charge < -0.3 is 15.8 Å². The van der Waals surface area contributed by atoms with Gasteiger partial charge in [0.05, 0.1) is 5.69 Å². The number of halogens is 3. The van der Waals surface area contributed by atoms with Gasteiger partial charge >= 0.3 is 12.4 Å². The van der Waals surface area contributed by atoms with E-state index in [1.165, 1.54) is 35.3 Å². The maximum absolute atomic E-state index is 12.2. The SMILES string of the molecule is NC(=O)NCCc1ccc(-c2ncn(-c3ccc(OC(F)(F)F)cc3)n2)cc1. The predicted molar refractivity (Wildman–Crippen MR) is 94.8 cm³/mol. The minimum atomic E-state index is -4.73. The lowest BCUT2D eigenvalue weighted by atomic mass is 10.1. The lowest BCUT2D eigenvalue weighted by Gasteiger charge is -2.09. The van der Waals surface area contributed by atoms with Gasteiger partial charge in [-0.1, -0.05) is 24.3 Å². The normalized spacial score (nSPS) is 11.2. The van der Waals surface area contributed by atoms with Gasteiger partial charge in [-0.3, -0.25) is 0 Å². The van der Waals surface area contributed by atoms with E-state index in [0.29, 0.717) is 24.5 Å². The van der Waals surface area contributed by atoms with Gasteiger partial charge in [0.1, 0.15) is 12.1 Å². The van der Waals surface area contributed by atoms with Gasteiger partial charge in [0.15, 0.2) is 5.82 Å². The number of alkyl halides is 3. The number of nitrogens with zero attached hydrogens (tertiary/aromatic N) is 3. The van der Waals surface area contributed by atoms with Crippen LogP contribution in [0.25, 0.3) is 17.1 Å². The number of hydrogen-bond donors (Lipinski definition) is 2. The van der Waals surface area contributed by atoms with Crippen LogP contribution in [0.2, 0.25) is 0 Å². The molecule has 0 saturated carbocycles. The molecule has 2 aromatic carbocycles. The first kappa shape index (κ1) is 19.2. The molecule has 28 heavy (non-hydrogen) atoms. The highest BCUT2D eigenvalue weighted by atomic mass is 19.4.